The summed E-state index contributed by atoms with van der Waals surface area (Å²) in [5, 5.41) is 0. The van der Waals surface area contributed by atoms with E-state index in [4.69, 9.17) is 0 Å². The maximum absolute atomic E-state index is 12.4. The Hall–Kier alpha value is -0.530. The molecule has 1 amide bonds. The van der Waals surface area contributed by atoms with Gasteiger partial charge in [0.15, 0.2) is 0 Å². The van der Waals surface area contributed by atoms with Crippen LogP contribution in [0.5, 0.6) is 0 Å². The van der Waals surface area contributed by atoms with E-state index in [0.717, 1.165) is 31.8 Å². The molecule has 0 radical (unpaired) electrons. The molecule has 1 unspecified atom stereocenters. The van der Waals surface area contributed by atoms with E-state index >= 15 is 0 Å². The standard InChI is InChI=1S/C16H29NO/c1-12-9-10-17(11-12)15(18)13-5-7-14(8-6-13)16(2,3)4/h12-14H,5-11H2,1-4H3. The Balaban J connectivity index is 1.84. The van der Waals surface area contributed by atoms with Gasteiger partial charge in [0, 0.05) is 19.0 Å². The quantitative estimate of drug-likeness (QED) is 0.695. The van der Waals surface area contributed by atoms with Gasteiger partial charge in [-0.3, -0.25) is 4.79 Å². The Morgan fingerprint density at radius 1 is 1.06 bits per heavy atom. The molecule has 1 aliphatic heterocycles. The summed E-state index contributed by atoms with van der Waals surface area (Å²) in [5.41, 5.74) is 0.413. The summed E-state index contributed by atoms with van der Waals surface area (Å²) in [6, 6.07) is 0. The lowest BCUT2D eigenvalue weighted by molar-refractivity contribution is -0.136. The van der Waals surface area contributed by atoms with Crippen LogP contribution in [0.4, 0.5) is 0 Å². The third kappa shape index (κ3) is 3.07. The number of carbonyl (C=O) groups is 1. The summed E-state index contributed by atoms with van der Waals surface area (Å²) in [5.74, 6) is 2.29. The minimum absolute atomic E-state index is 0.328. The van der Waals surface area contributed by atoms with Crippen LogP contribution in [-0.4, -0.2) is 23.9 Å². The molecule has 18 heavy (non-hydrogen) atoms. The summed E-state index contributed by atoms with van der Waals surface area (Å²) in [7, 11) is 0. The van der Waals surface area contributed by atoms with Gasteiger partial charge in [0.05, 0.1) is 0 Å². The highest BCUT2D eigenvalue weighted by Crippen LogP contribution is 2.40. The minimum Gasteiger partial charge on any atom is -0.342 e. The number of hydrogen-bond donors (Lipinski definition) is 0. The molecule has 2 heteroatoms. The van der Waals surface area contributed by atoms with E-state index in [-0.39, 0.29) is 0 Å². The van der Waals surface area contributed by atoms with Gasteiger partial charge in [-0.25, -0.2) is 0 Å². The normalized spacial score (nSPS) is 33.8. The van der Waals surface area contributed by atoms with Gasteiger partial charge in [-0.15, -0.1) is 0 Å². The third-order valence-corrected chi connectivity index (χ3v) is 5.04. The average Bonchev–Trinajstić information content (AvgIpc) is 2.74. The van der Waals surface area contributed by atoms with Gasteiger partial charge in [0.25, 0.3) is 0 Å². The van der Waals surface area contributed by atoms with Crippen LogP contribution < -0.4 is 0 Å². The van der Waals surface area contributed by atoms with E-state index in [2.05, 4.69) is 32.6 Å². The van der Waals surface area contributed by atoms with E-state index in [9.17, 15) is 4.79 Å². The van der Waals surface area contributed by atoms with Crippen molar-refractivity contribution >= 4 is 5.91 Å². The molecule has 1 aliphatic carbocycles. The lowest BCUT2D eigenvalue weighted by Crippen LogP contribution is -2.37. The fraction of sp³-hybridized carbons (Fsp3) is 0.938. The zero-order valence-electron chi connectivity index (χ0n) is 12.5. The topological polar surface area (TPSA) is 20.3 Å². The fourth-order valence-electron chi connectivity index (χ4n) is 3.60. The van der Waals surface area contributed by atoms with Gasteiger partial charge in [-0.1, -0.05) is 27.7 Å². The third-order valence-electron chi connectivity index (χ3n) is 5.04. The maximum Gasteiger partial charge on any atom is 0.225 e. The molecule has 0 spiro atoms. The number of nitrogens with zero attached hydrogens (tertiary/aromatic N) is 1. The van der Waals surface area contributed by atoms with Crippen LogP contribution in [0, 0.1) is 23.2 Å². The summed E-state index contributed by atoms with van der Waals surface area (Å²) in [4.78, 5) is 14.5. The first kappa shape index (κ1) is 13.9. The van der Waals surface area contributed by atoms with E-state index in [0.29, 0.717) is 23.2 Å². The zero-order valence-corrected chi connectivity index (χ0v) is 12.5. The first-order chi connectivity index (χ1) is 8.38. The highest BCUT2D eigenvalue weighted by molar-refractivity contribution is 5.79. The Labute approximate surface area is 112 Å². The Morgan fingerprint density at radius 3 is 2.11 bits per heavy atom. The fourth-order valence-corrected chi connectivity index (χ4v) is 3.60. The second-order valence-corrected chi connectivity index (χ2v) is 7.59. The molecule has 0 N–H and O–H groups in total. The molecule has 0 aromatic heterocycles. The molecule has 0 aromatic carbocycles. The second-order valence-electron chi connectivity index (χ2n) is 7.59. The van der Waals surface area contributed by atoms with Crippen LogP contribution in [0.3, 0.4) is 0 Å². The summed E-state index contributed by atoms with van der Waals surface area (Å²) in [6.45, 7) is 11.3. The van der Waals surface area contributed by atoms with Gasteiger partial charge >= 0.3 is 0 Å². The highest BCUT2D eigenvalue weighted by Gasteiger charge is 2.35. The lowest BCUT2D eigenvalue weighted by Gasteiger charge is -2.37. The summed E-state index contributed by atoms with van der Waals surface area (Å²) in [6.07, 6.45) is 5.91. The molecule has 2 nitrogen and oxygen atoms in total. The molecule has 1 saturated carbocycles. The van der Waals surface area contributed by atoms with Crippen molar-refractivity contribution in [1.82, 2.24) is 4.90 Å². The van der Waals surface area contributed by atoms with Crippen molar-refractivity contribution in [2.24, 2.45) is 23.2 Å². The van der Waals surface area contributed by atoms with Crippen LogP contribution in [0.25, 0.3) is 0 Å². The predicted molar refractivity (Wildman–Crippen MR) is 75.3 cm³/mol. The average molecular weight is 251 g/mol. The van der Waals surface area contributed by atoms with Gasteiger partial charge in [0.1, 0.15) is 0 Å². The molecule has 2 rings (SSSR count). The number of amides is 1. The molecule has 0 aromatic rings. The van der Waals surface area contributed by atoms with Crippen LogP contribution >= 0.6 is 0 Å². The monoisotopic (exact) mass is 251 g/mol. The van der Waals surface area contributed by atoms with E-state index in [1.54, 1.807) is 0 Å². The van der Waals surface area contributed by atoms with Gasteiger partial charge in [0.2, 0.25) is 5.91 Å². The molecule has 2 fully saturated rings. The van der Waals surface area contributed by atoms with E-state index in [1.165, 1.54) is 19.3 Å². The van der Waals surface area contributed by atoms with Crippen molar-refractivity contribution in [2.75, 3.05) is 13.1 Å². The maximum atomic E-state index is 12.4. The number of rotatable bonds is 1. The van der Waals surface area contributed by atoms with Crippen LogP contribution in [0.1, 0.15) is 59.8 Å². The first-order valence-corrected chi connectivity index (χ1v) is 7.66. The van der Waals surface area contributed by atoms with Crippen molar-refractivity contribution in [3.8, 4) is 0 Å². The Bertz CT molecular complexity index is 297. The molecule has 2 aliphatic rings. The van der Waals surface area contributed by atoms with Crippen LogP contribution in [0.2, 0.25) is 0 Å². The van der Waals surface area contributed by atoms with Crippen molar-refractivity contribution in [1.29, 1.82) is 0 Å². The highest BCUT2D eigenvalue weighted by atomic mass is 16.2. The number of likely N-dealkylation sites (tertiary alicyclic amines) is 1. The SMILES string of the molecule is CC1CCN(C(=O)C2CCC(C(C)(C)C)CC2)C1. The lowest BCUT2D eigenvalue weighted by atomic mass is 9.69. The molecule has 1 atom stereocenters. The van der Waals surface area contributed by atoms with Gasteiger partial charge in [-0.2, -0.15) is 0 Å². The smallest absolute Gasteiger partial charge is 0.225 e. The zero-order chi connectivity index (χ0) is 13.3. The predicted octanol–water partition coefficient (Wildman–Crippen LogP) is 3.71. The summed E-state index contributed by atoms with van der Waals surface area (Å²) >= 11 is 0. The largest absolute Gasteiger partial charge is 0.342 e. The first-order valence-electron chi connectivity index (χ1n) is 7.66. The number of carbonyl (C=O) groups excluding carboxylic acids is 1. The Kier molecular flexibility index (Phi) is 4.03. The molecule has 1 saturated heterocycles. The Morgan fingerprint density at radius 2 is 1.67 bits per heavy atom. The van der Waals surface area contributed by atoms with Crippen molar-refractivity contribution in [3.63, 3.8) is 0 Å². The van der Waals surface area contributed by atoms with Crippen molar-refractivity contribution in [2.45, 2.75) is 59.8 Å². The van der Waals surface area contributed by atoms with Gasteiger partial charge in [-0.05, 0) is 49.4 Å². The van der Waals surface area contributed by atoms with Crippen LogP contribution in [-0.2, 0) is 4.79 Å². The van der Waals surface area contributed by atoms with E-state index < -0.39 is 0 Å². The van der Waals surface area contributed by atoms with Crippen LogP contribution in [0.15, 0.2) is 0 Å². The molecule has 104 valence electrons. The summed E-state index contributed by atoms with van der Waals surface area (Å²) < 4.78 is 0. The minimum atomic E-state index is 0.328. The van der Waals surface area contributed by atoms with E-state index in [1.807, 2.05) is 0 Å². The van der Waals surface area contributed by atoms with Gasteiger partial charge < -0.3 is 4.90 Å². The van der Waals surface area contributed by atoms with Crippen molar-refractivity contribution < 1.29 is 4.79 Å². The second kappa shape index (κ2) is 5.22. The molecular formula is C16H29NO. The van der Waals surface area contributed by atoms with Crippen molar-refractivity contribution in [3.05, 3.63) is 0 Å². The number of hydrogen-bond acceptors (Lipinski definition) is 1. The molecule has 1 heterocycles. The molecular weight excluding hydrogens is 222 g/mol. The molecule has 0 bridgehead atoms.